The molecule has 2 aliphatic rings. The van der Waals surface area contributed by atoms with E-state index in [9.17, 15) is 9.90 Å². The monoisotopic (exact) mass is 203 g/mol. The molecule has 1 fully saturated rings. The van der Waals surface area contributed by atoms with Crippen LogP contribution in [0.2, 0.25) is 0 Å². The average molecular weight is 203 g/mol. The number of aliphatic hydroxyl groups is 1. The summed E-state index contributed by atoms with van der Waals surface area (Å²) in [6, 6.07) is 7.75. The van der Waals surface area contributed by atoms with Gasteiger partial charge in [-0.3, -0.25) is 9.69 Å². The number of carbonyl (C=O) groups is 1. The molecule has 0 unspecified atom stereocenters. The summed E-state index contributed by atoms with van der Waals surface area (Å²) in [4.78, 5) is 13.3. The number of nitrogens with zero attached hydrogens (tertiary/aromatic N) is 1. The Morgan fingerprint density at radius 1 is 1.47 bits per heavy atom. The Labute approximate surface area is 88.3 Å². The molecule has 1 N–H and O–H groups in total. The van der Waals surface area contributed by atoms with Crippen molar-refractivity contribution in [1.82, 2.24) is 0 Å². The number of amides is 1. The molecule has 1 amide bonds. The van der Waals surface area contributed by atoms with E-state index in [1.165, 1.54) is 0 Å². The molecule has 2 aliphatic heterocycles. The van der Waals surface area contributed by atoms with Crippen LogP contribution in [-0.2, 0) is 4.79 Å². The predicted octanol–water partition coefficient (Wildman–Crippen LogP) is 1.62. The van der Waals surface area contributed by atoms with Gasteiger partial charge in [0.15, 0.2) is 5.72 Å². The Bertz CT molecular complexity index is 443. The lowest BCUT2D eigenvalue weighted by Crippen LogP contribution is -2.44. The van der Waals surface area contributed by atoms with Crippen LogP contribution >= 0.6 is 0 Å². The maximum absolute atomic E-state index is 11.7. The minimum Gasteiger partial charge on any atom is -0.370 e. The van der Waals surface area contributed by atoms with E-state index < -0.39 is 5.72 Å². The van der Waals surface area contributed by atoms with Crippen LogP contribution in [0.5, 0.6) is 0 Å². The second-order valence-electron chi connectivity index (χ2n) is 4.39. The third-order valence-corrected chi connectivity index (χ3v) is 3.68. The minimum atomic E-state index is -0.971. The zero-order valence-electron chi connectivity index (χ0n) is 8.60. The van der Waals surface area contributed by atoms with Crippen molar-refractivity contribution in [2.24, 2.45) is 0 Å². The number of hydrogen-bond donors (Lipinski definition) is 1. The van der Waals surface area contributed by atoms with Gasteiger partial charge in [0.05, 0.1) is 5.69 Å². The molecule has 1 saturated heterocycles. The number of hydrogen-bond acceptors (Lipinski definition) is 2. The Morgan fingerprint density at radius 3 is 3.00 bits per heavy atom. The number of carbonyl (C=O) groups excluding carboxylic acids is 1. The third kappa shape index (κ3) is 0.913. The van der Waals surface area contributed by atoms with E-state index in [1.54, 1.807) is 4.90 Å². The summed E-state index contributed by atoms with van der Waals surface area (Å²) in [6.45, 7) is 1.98. The van der Waals surface area contributed by atoms with Crippen molar-refractivity contribution in [1.29, 1.82) is 0 Å². The first kappa shape index (κ1) is 8.92. The molecule has 2 heterocycles. The van der Waals surface area contributed by atoms with Crippen LogP contribution in [-0.4, -0.2) is 16.7 Å². The number of anilines is 1. The number of rotatable bonds is 0. The van der Waals surface area contributed by atoms with Crippen molar-refractivity contribution in [2.45, 2.75) is 31.4 Å². The molecule has 0 saturated carbocycles. The molecule has 0 bridgehead atoms. The van der Waals surface area contributed by atoms with E-state index in [0.717, 1.165) is 11.3 Å². The molecule has 0 aromatic heterocycles. The lowest BCUT2D eigenvalue weighted by atomic mass is 9.92. The molecule has 15 heavy (non-hydrogen) atoms. The van der Waals surface area contributed by atoms with E-state index in [0.29, 0.717) is 12.8 Å². The second-order valence-corrected chi connectivity index (χ2v) is 4.39. The molecular weight excluding hydrogens is 190 g/mol. The van der Waals surface area contributed by atoms with Crippen molar-refractivity contribution in [3.63, 3.8) is 0 Å². The second kappa shape index (κ2) is 2.61. The normalized spacial score (nSPS) is 33.1. The third-order valence-electron chi connectivity index (χ3n) is 3.68. The molecule has 1 aromatic carbocycles. The zero-order chi connectivity index (χ0) is 10.6. The summed E-state index contributed by atoms with van der Waals surface area (Å²) in [7, 11) is 0. The van der Waals surface area contributed by atoms with Gasteiger partial charge < -0.3 is 5.11 Å². The molecular formula is C12H13NO2. The van der Waals surface area contributed by atoms with Crippen LogP contribution in [0, 0.1) is 0 Å². The molecule has 3 heteroatoms. The van der Waals surface area contributed by atoms with Gasteiger partial charge in [-0.2, -0.15) is 0 Å². The SMILES string of the molecule is C[C@@H]1c2ccccc2N2C(=O)CC[C@@]12O. The summed E-state index contributed by atoms with van der Waals surface area (Å²) in [5.74, 6) is 0.0504. The molecule has 3 rings (SSSR count). The molecule has 3 nitrogen and oxygen atoms in total. The fourth-order valence-corrected chi connectivity index (χ4v) is 2.79. The van der Waals surface area contributed by atoms with E-state index in [4.69, 9.17) is 0 Å². The van der Waals surface area contributed by atoms with E-state index in [2.05, 4.69) is 0 Å². The Hall–Kier alpha value is -1.35. The zero-order valence-corrected chi connectivity index (χ0v) is 8.60. The van der Waals surface area contributed by atoms with Gasteiger partial charge in [0.1, 0.15) is 0 Å². The van der Waals surface area contributed by atoms with Gasteiger partial charge in [-0.05, 0) is 11.6 Å². The highest BCUT2D eigenvalue weighted by molar-refractivity contribution is 5.99. The summed E-state index contributed by atoms with van der Waals surface area (Å²) in [5.41, 5.74) is 0.990. The average Bonchev–Trinajstić information content (AvgIpc) is 2.65. The highest BCUT2D eigenvalue weighted by Gasteiger charge is 2.54. The van der Waals surface area contributed by atoms with Crippen molar-refractivity contribution in [2.75, 3.05) is 4.90 Å². The Balaban J connectivity index is 2.23. The highest BCUT2D eigenvalue weighted by Crippen LogP contribution is 2.51. The topological polar surface area (TPSA) is 40.5 Å². The van der Waals surface area contributed by atoms with Crippen molar-refractivity contribution in [3.8, 4) is 0 Å². The molecule has 1 aromatic rings. The quantitative estimate of drug-likeness (QED) is 0.696. The van der Waals surface area contributed by atoms with Gasteiger partial charge in [-0.25, -0.2) is 0 Å². The van der Waals surface area contributed by atoms with Crippen LogP contribution in [0.4, 0.5) is 5.69 Å². The van der Waals surface area contributed by atoms with Gasteiger partial charge in [-0.1, -0.05) is 25.1 Å². The van der Waals surface area contributed by atoms with Gasteiger partial charge in [0, 0.05) is 18.8 Å². The molecule has 2 atom stereocenters. The maximum Gasteiger partial charge on any atom is 0.229 e. The Morgan fingerprint density at radius 2 is 2.20 bits per heavy atom. The fraction of sp³-hybridized carbons (Fsp3) is 0.417. The molecule has 0 spiro atoms. The predicted molar refractivity (Wildman–Crippen MR) is 56.5 cm³/mol. The first-order valence-corrected chi connectivity index (χ1v) is 5.29. The first-order valence-electron chi connectivity index (χ1n) is 5.29. The van der Waals surface area contributed by atoms with Gasteiger partial charge in [-0.15, -0.1) is 0 Å². The molecule has 0 aliphatic carbocycles. The van der Waals surface area contributed by atoms with Crippen molar-refractivity contribution < 1.29 is 9.90 Å². The van der Waals surface area contributed by atoms with Crippen molar-refractivity contribution in [3.05, 3.63) is 29.8 Å². The summed E-state index contributed by atoms with van der Waals surface area (Å²) in [6.07, 6.45) is 0.997. The maximum atomic E-state index is 11.7. The standard InChI is InChI=1S/C12H13NO2/c1-8-9-4-2-3-5-10(9)13-11(14)6-7-12(8,13)15/h2-5,8,15H,6-7H2,1H3/t8-,12-/m1/s1. The minimum absolute atomic E-state index is 0.0140. The lowest BCUT2D eigenvalue weighted by Gasteiger charge is -2.29. The summed E-state index contributed by atoms with van der Waals surface area (Å²) >= 11 is 0. The molecule has 0 radical (unpaired) electrons. The largest absolute Gasteiger partial charge is 0.370 e. The van der Waals surface area contributed by atoms with Crippen LogP contribution in [0.15, 0.2) is 24.3 Å². The number of benzene rings is 1. The van der Waals surface area contributed by atoms with Crippen LogP contribution in [0.25, 0.3) is 0 Å². The van der Waals surface area contributed by atoms with E-state index in [1.807, 2.05) is 31.2 Å². The highest BCUT2D eigenvalue weighted by atomic mass is 16.3. The Kier molecular flexibility index (Phi) is 1.55. The lowest BCUT2D eigenvalue weighted by molar-refractivity contribution is -0.118. The van der Waals surface area contributed by atoms with Gasteiger partial charge in [0.25, 0.3) is 0 Å². The van der Waals surface area contributed by atoms with Crippen molar-refractivity contribution >= 4 is 11.6 Å². The number of para-hydroxylation sites is 1. The summed E-state index contributed by atoms with van der Waals surface area (Å²) in [5, 5.41) is 10.5. The molecule has 78 valence electrons. The number of fused-ring (bicyclic) bond motifs is 3. The van der Waals surface area contributed by atoms with Crippen LogP contribution < -0.4 is 4.90 Å². The van der Waals surface area contributed by atoms with Crippen LogP contribution in [0.1, 0.15) is 31.2 Å². The van der Waals surface area contributed by atoms with Gasteiger partial charge >= 0.3 is 0 Å². The first-order chi connectivity index (χ1) is 7.14. The smallest absolute Gasteiger partial charge is 0.229 e. The fourth-order valence-electron chi connectivity index (χ4n) is 2.79. The van der Waals surface area contributed by atoms with E-state index >= 15 is 0 Å². The van der Waals surface area contributed by atoms with E-state index in [-0.39, 0.29) is 11.8 Å². The van der Waals surface area contributed by atoms with Gasteiger partial charge in [0.2, 0.25) is 5.91 Å². The van der Waals surface area contributed by atoms with Crippen LogP contribution in [0.3, 0.4) is 0 Å². The summed E-state index contributed by atoms with van der Waals surface area (Å²) < 4.78 is 0.